The van der Waals surface area contributed by atoms with Gasteiger partial charge in [0.05, 0.1) is 0 Å². The normalized spacial score (nSPS) is 10.7. The lowest BCUT2D eigenvalue weighted by molar-refractivity contribution is -0.135. The number of aromatic nitrogens is 3. The number of pyridine rings is 1. The SMILES string of the molecule is CCCCc1cc(=O)c(C(=S)NCC(=O)O)c2nc[nH]n12. The van der Waals surface area contributed by atoms with Crippen LogP contribution in [0.4, 0.5) is 0 Å². The highest BCUT2D eigenvalue weighted by Gasteiger charge is 2.16. The molecule has 0 radical (unpaired) electrons. The summed E-state index contributed by atoms with van der Waals surface area (Å²) >= 11 is 5.11. The van der Waals surface area contributed by atoms with Crippen LogP contribution in [0, 0.1) is 0 Å². The minimum atomic E-state index is -1.05. The van der Waals surface area contributed by atoms with Gasteiger partial charge in [-0.25, -0.2) is 9.50 Å². The fourth-order valence-electron chi connectivity index (χ4n) is 2.06. The number of rotatable bonds is 6. The number of thiocarbonyl (C=S) groups is 1. The summed E-state index contributed by atoms with van der Waals surface area (Å²) in [7, 11) is 0. The van der Waals surface area contributed by atoms with Gasteiger partial charge >= 0.3 is 5.97 Å². The molecule has 0 aromatic carbocycles. The van der Waals surface area contributed by atoms with Gasteiger partial charge in [0.1, 0.15) is 23.4 Å². The van der Waals surface area contributed by atoms with E-state index in [9.17, 15) is 9.59 Å². The Morgan fingerprint density at radius 2 is 2.33 bits per heavy atom. The Morgan fingerprint density at radius 1 is 1.57 bits per heavy atom. The zero-order valence-electron chi connectivity index (χ0n) is 11.5. The summed E-state index contributed by atoms with van der Waals surface area (Å²) in [5.74, 6) is -1.05. The number of nitrogens with one attached hydrogen (secondary N) is 2. The average Bonchev–Trinajstić information content (AvgIpc) is 2.91. The van der Waals surface area contributed by atoms with Gasteiger partial charge in [0, 0.05) is 11.8 Å². The molecular weight excluding hydrogens is 292 g/mol. The summed E-state index contributed by atoms with van der Waals surface area (Å²) in [5.41, 5.74) is 1.21. The first-order valence-corrected chi connectivity index (χ1v) is 7.03. The van der Waals surface area contributed by atoms with Crippen LogP contribution in [0.1, 0.15) is 31.0 Å². The van der Waals surface area contributed by atoms with Gasteiger partial charge in [-0.15, -0.1) is 0 Å². The summed E-state index contributed by atoms with van der Waals surface area (Å²) in [6, 6.07) is 1.52. The number of hydrogen-bond donors (Lipinski definition) is 3. The number of carboxylic acid groups (broad SMARTS) is 1. The van der Waals surface area contributed by atoms with Crippen molar-refractivity contribution in [2.75, 3.05) is 6.54 Å². The molecule has 0 atom stereocenters. The van der Waals surface area contributed by atoms with Crippen LogP contribution in [0.2, 0.25) is 0 Å². The molecule has 0 saturated carbocycles. The van der Waals surface area contributed by atoms with Crippen LogP contribution in [-0.4, -0.2) is 37.2 Å². The summed E-state index contributed by atoms with van der Waals surface area (Å²) in [6.07, 6.45) is 4.21. The molecule has 21 heavy (non-hydrogen) atoms. The molecule has 0 aliphatic rings. The second kappa shape index (κ2) is 6.49. The van der Waals surface area contributed by atoms with Gasteiger partial charge in [-0.1, -0.05) is 25.6 Å². The van der Waals surface area contributed by atoms with Gasteiger partial charge in [-0.05, 0) is 12.8 Å². The van der Waals surface area contributed by atoms with Gasteiger partial charge < -0.3 is 10.4 Å². The lowest BCUT2D eigenvalue weighted by atomic mass is 10.1. The second-order valence-electron chi connectivity index (χ2n) is 4.60. The van der Waals surface area contributed by atoms with E-state index in [0.717, 1.165) is 25.0 Å². The zero-order chi connectivity index (χ0) is 15.4. The number of unbranched alkanes of at least 4 members (excludes halogenated alkanes) is 1. The number of H-pyrrole nitrogens is 1. The molecule has 0 aliphatic carbocycles. The highest BCUT2D eigenvalue weighted by molar-refractivity contribution is 7.80. The van der Waals surface area contributed by atoms with Crippen molar-refractivity contribution in [2.24, 2.45) is 0 Å². The number of aryl methyl sites for hydroxylation is 1. The number of carbonyl (C=O) groups is 1. The first-order valence-electron chi connectivity index (χ1n) is 6.62. The van der Waals surface area contributed by atoms with Crippen molar-refractivity contribution < 1.29 is 9.90 Å². The van der Waals surface area contributed by atoms with E-state index < -0.39 is 5.97 Å². The lowest BCUT2D eigenvalue weighted by Crippen LogP contribution is -2.33. The molecule has 3 N–H and O–H groups in total. The van der Waals surface area contributed by atoms with Crippen LogP contribution in [0.15, 0.2) is 17.2 Å². The molecule has 112 valence electrons. The fourth-order valence-corrected chi connectivity index (χ4v) is 2.32. The first-order chi connectivity index (χ1) is 10.0. The van der Waals surface area contributed by atoms with Crippen LogP contribution in [-0.2, 0) is 11.2 Å². The van der Waals surface area contributed by atoms with Crippen LogP contribution in [0.3, 0.4) is 0 Å². The Morgan fingerprint density at radius 3 is 3.00 bits per heavy atom. The maximum Gasteiger partial charge on any atom is 0.322 e. The highest BCUT2D eigenvalue weighted by Crippen LogP contribution is 2.09. The minimum Gasteiger partial charge on any atom is -0.480 e. The fraction of sp³-hybridized carbons (Fsp3) is 0.385. The van der Waals surface area contributed by atoms with E-state index in [0.29, 0.717) is 5.65 Å². The van der Waals surface area contributed by atoms with E-state index in [1.54, 1.807) is 4.52 Å². The molecule has 0 spiro atoms. The van der Waals surface area contributed by atoms with Gasteiger partial charge in [0.15, 0.2) is 11.1 Å². The molecule has 8 heteroatoms. The molecule has 0 bridgehead atoms. The third-order valence-corrected chi connectivity index (χ3v) is 3.40. The van der Waals surface area contributed by atoms with Crippen LogP contribution in [0.5, 0.6) is 0 Å². The van der Waals surface area contributed by atoms with Crippen LogP contribution < -0.4 is 10.7 Å². The average molecular weight is 308 g/mol. The van der Waals surface area contributed by atoms with Crippen molar-refractivity contribution in [2.45, 2.75) is 26.2 Å². The molecule has 0 saturated heterocycles. The third-order valence-electron chi connectivity index (χ3n) is 3.05. The summed E-state index contributed by atoms with van der Waals surface area (Å²) < 4.78 is 1.71. The number of aliphatic carboxylic acids is 1. The maximum atomic E-state index is 12.3. The second-order valence-corrected chi connectivity index (χ2v) is 5.01. The molecule has 2 aromatic rings. The molecule has 0 amide bonds. The maximum absolute atomic E-state index is 12.3. The van der Waals surface area contributed by atoms with E-state index in [4.69, 9.17) is 17.3 Å². The number of nitrogens with zero attached hydrogens (tertiary/aromatic N) is 2. The summed E-state index contributed by atoms with van der Waals surface area (Å²) in [5, 5.41) is 14.2. The van der Waals surface area contributed by atoms with Crippen molar-refractivity contribution in [1.82, 2.24) is 19.9 Å². The Balaban J connectivity index is 2.43. The van der Waals surface area contributed by atoms with Crippen molar-refractivity contribution >= 4 is 28.8 Å². The Kier molecular flexibility index (Phi) is 4.69. The minimum absolute atomic E-state index is 0.0917. The van der Waals surface area contributed by atoms with E-state index in [1.165, 1.54) is 12.4 Å². The van der Waals surface area contributed by atoms with E-state index in [1.807, 2.05) is 0 Å². The number of fused-ring (bicyclic) bond motifs is 1. The zero-order valence-corrected chi connectivity index (χ0v) is 12.4. The quantitative estimate of drug-likeness (QED) is 0.680. The molecule has 2 rings (SSSR count). The van der Waals surface area contributed by atoms with Gasteiger partial charge in [0.2, 0.25) is 0 Å². The summed E-state index contributed by atoms with van der Waals surface area (Å²) in [4.78, 5) is 27.1. The number of aromatic amines is 1. The van der Waals surface area contributed by atoms with E-state index >= 15 is 0 Å². The molecule has 7 nitrogen and oxygen atoms in total. The number of hydrogen-bond acceptors (Lipinski definition) is 4. The molecule has 0 fully saturated rings. The Labute approximate surface area is 126 Å². The highest BCUT2D eigenvalue weighted by atomic mass is 32.1. The van der Waals surface area contributed by atoms with E-state index in [-0.39, 0.29) is 22.5 Å². The molecule has 0 unspecified atom stereocenters. The summed E-state index contributed by atoms with van der Waals surface area (Å²) in [6.45, 7) is 1.73. The first kappa shape index (κ1) is 15.2. The van der Waals surface area contributed by atoms with Crippen molar-refractivity contribution in [3.8, 4) is 0 Å². The van der Waals surface area contributed by atoms with Crippen molar-refractivity contribution in [3.05, 3.63) is 33.9 Å². The molecule has 2 aromatic heterocycles. The topological polar surface area (TPSA) is 99.5 Å². The lowest BCUT2D eigenvalue weighted by Gasteiger charge is -2.09. The molecular formula is C13H16N4O3S. The van der Waals surface area contributed by atoms with Crippen LogP contribution >= 0.6 is 12.2 Å². The monoisotopic (exact) mass is 308 g/mol. The smallest absolute Gasteiger partial charge is 0.322 e. The largest absolute Gasteiger partial charge is 0.480 e. The van der Waals surface area contributed by atoms with Gasteiger partial charge in [-0.3, -0.25) is 14.7 Å². The Hall–Kier alpha value is -2.22. The predicted octanol–water partition coefficient (Wildman–Crippen LogP) is 0.715. The molecule has 0 aliphatic heterocycles. The van der Waals surface area contributed by atoms with Crippen molar-refractivity contribution in [1.29, 1.82) is 0 Å². The van der Waals surface area contributed by atoms with Crippen molar-refractivity contribution in [3.63, 3.8) is 0 Å². The number of carboxylic acids is 1. The standard InChI is InChI=1S/C13H16N4O3S/c1-2-3-4-8-5-9(18)11(12-15-7-16-17(8)12)13(21)14-6-10(19)20/h5,7H,2-4,6H2,1H3,(H,14,21)(H,15,16)(H,19,20). The van der Waals surface area contributed by atoms with Gasteiger partial charge in [-0.2, -0.15) is 0 Å². The molecule has 2 heterocycles. The van der Waals surface area contributed by atoms with Crippen LogP contribution in [0.25, 0.3) is 5.65 Å². The Bertz CT molecular complexity index is 735. The third kappa shape index (κ3) is 3.27. The van der Waals surface area contributed by atoms with E-state index in [2.05, 4.69) is 22.3 Å². The predicted molar refractivity (Wildman–Crippen MR) is 81.8 cm³/mol. The van der Waals surface area contributed by atoms with Gasteiger partial charge in [0.25, 0.3) is 0 Å².